The molecule has 184 valence electrons. The summed E-state index contributed by atoms with van der Waals surface area (Å²) in [6.07, 6.45) is 3.02. The van der Waals surface area contributed by atoms with Crippen LogP contribution in [-0.2, 0) is 0 Å². The fourth-order valence-corrected chi connectivity index (χ4v) is 5.17. The molecular weight excluding hydrogens is 477 g/mol. The number of rotatable bonds is 6. The molecule has 3 aromatic rings. The van der Waals surface area contributed by atoms with Crippen LogP contribution in [0.3, 0.4) is 0 Å². The van der Waals surface area contributed by atoms with Crippen molar-refractivity contribution in [2.45, 2.75) is 24.9 Å². The van der Waals surface area contributed by atoms with Crippen LogP contribution in [0, 0.1) is 5.82 Å². The maximum atomic E-state index is 15.5. The molecule has 5 rings (SSSR count). The number of aromatic nitrogens is 1. The number of ether oxygens (including phenoxy) is 2. The number of carboxylic acid groups (broad SMARTS) is 1. The molecule has 1 aliphatic carbocycles. The number of methoxy groups -OCH3 is 2. The minimum Gasteiger partial charge on any atom is -0.493 e. The average molecular weight is 502 g/mol. The highest BCUT2D eigenvalue weighted by Crippen LogP contribution is 2.42. The Hall–Kier alpha value is -3.30. The summed E-state index contributed by atoms with van der Waals surface area (Å²) in [4.78, 5) is 26.3. The lowest BCUT2D eigenvalue weighted by Gasteiger charge is -2.36. The van der Waals surface area contributed by atoms with Gasteiger partial charge in [0, 0.05) is 37.9 Å². The smallest absolute Gasteiger partial charge is 0.341 e. The summed E-state index contributed by atoms with van der Waals surface area (Å²) in [7, 11) is 3.14. The number of hydrogen-bond acceptors (Lipinski definition) is 6. The van der Waals surface area contributed by atoms with E-state index in [9.17, 15) is 14.7 Å². The highest BCUT2D eigenvalue weighted by molar-refractivity contribution is 6.38. The fourth-order valence-electron chi connectivity index (χ4n) is 4.76. The van der Waals surface area contributed by atoms with Crippen molar-refractivity contribution < 1.29 is 23.8 Å². The lowest BCUT2D eigenvalue weighted by molar-refractivity contribution is 0.0695. The van der Waals surface area contributed by atoms with Gasteiger partial charge in [-0.2, -0.15) is 0 Å². The summed E-state index contributed by atoms with van der Waals surface area (Å²) in [6.45, 7) is 1.52. The van der Waals surface area contributed by atoms with Crippen LogP contribution in [0.15, 0.2) is 35.3 Å². The highest BCUT2D eigenvalue weighted by atomic mass is 35.5. The van der Waals surface area contributed by atoms with Crippen LogP contribution in [0.25, 0.3) is 10.9 Å². The Balaban J connectivity index is 1.58. The molecule has 2 heterocycles. The lowest BCUT2D eigenvalue weighted by atomic mass is 10.0. The summed E-state index contributed by atoms with van der Waals surface area (Å²) in [6, 6.07) is 6.67. The van der Waals surface area contributed by atoms with Crippen molar-refractivity contribution in [2.24, 2.45) is 0 Å². The van der Waals surface area contributed by atoms with Crippen LogP contribution < -0.4 is 25.1 Å². The molecule has 1 aromatic heterocycles. The Morgan fingerprint density at radius 3 is 2.60 bits per heavy atom. The van der Waals surface area contributed by atoms with E-state index in [1.54, 1.807) is 18.8 Å². The van der Waals surface area contributed by atoms with Gasteiger partial charge in [0.25, 0.3) is 0 Å². The maximum absolute atomic E-state index is 15.5. The van der Waals surface area contributed by atoms with E-state index in [0.29, 0.717) is 36.6 Å². The van der Waals surface area contributed by atoms with Gasteiger partial charge in [0.2, 0.25) is 5.43 Å². The lowest BCUT2D eigenvalue weighted by Crippen LogP contribution is -2.46. The SMILES string of the molecule is COc1ccc(C2CN(c3c(F)cc4c(=O)c(C(=O)O)cn(C5CC5)c4c3Cl)CCN2)cc1OC. The number of nitrogens with zero attached hydrogens (tertiary/aromatic N) is 2. The van der Waals surface area contributed by atoms with Crippen molar-refractivity contribution in [1.82, 2.24) is 9.88 Å². The molecule has 0 radical (unpaired) electrons. The number of fused-ring (bicyclic) bond motifs is 1. The molecule has 8 nitrogen and oxygen atoms in total. The van der Waals surface area contributed by atoms with Gasteiger partial charge in [0.05, 0.1) is 35.8 Å². The number of carboxylic acids is 1. The Morgan fingerprint density at radius 1 is 1.20 bits per heavy atom. The zero-order valence-electron chi connectivity index (χ0n) is 19.3. The van der Waals surface area contributed by atoms with Crippen molar-refractivity contribution in [3.05, 3.63) is 62.7 Å². The van der Waals surface area contributed by atoms with Crippen LogP contribution in [0.4, 0.5) is 10.1 Å². The van der Waals surface area contributed by atoms with E-state index in [1.807, 2.05) is 23.1 Å². The van der Waals surface area contributed by atoms with Crippen molar-refractivity contribution in [3.8, 4) is 11.5 Å². The number of halogens is 2. The predicted octanol–water partition coefficient (Wildman–Crippen LogP) is 4.00. The molecule has 0 amide bonds. The Morgan fingerprint density at radius 2 is 1.94 bits per heavy atom. The van der Waals surface area contributed by atoms with E-state index in [1.165, 1.54) is 6.20 Å². The molecular formula is C25H25ClFN3O5. The second-order valence-corrected chi connectivity index (χ2v) is 9.18. The number of pyridine rings is 1. The van der Waals surface area contributed by atoms with Gasteiger partial charge in [-0.05, 0) is 36.6 Å². The highest BCUT2D eigenvalue weighted by Gasteiger charge is 2.31. The van der Waals surface area contributed by atoms with Gasteiger partial charge in [-0.15, -0.1) is 0 Å². The van der Waals surface area contributed by atoms with Gasteiger partial charge in [-0.3, -0.25) is 4.79 Å². The van der Waals surface area contributed by atoms with E-state index >= 15 is 4.39 Å². The Bertz CT molecular complexity index is 1390. The van der Waals surface area contributed by atoms with E-state index in [0.717, 1.165) is 24.5 Å². The first-order valence-corrected chi connectivity index (χ1v) is 11.7. The molecule has 0 spiro atoms. The molecule has 1 atom stereocenters. The third-order valence-corrected chi connectivity index (χ3v) is 7.01. The minimum atomic E-state index is -1.34. The van der Waals surface area contributed by atoms with Gasteiger partial charge < -0.3 is 29.4 Å². The first-order chi connectivity index (χ1) is 16.8. The Kier molecular flexibility index (Phi) is 6.06. The molecule has 35 heavy (non-hydrogen) atoms. The Labute approximate surface area is 205 Å². The van der Waals surface area contributed by atoms with Crippen LogP contribution in [0.1, 0.15) is 40.8 Å². The number of aromatic carboxylic acids is 1. The van der Waals surface area contributed by atoms with E-state index in [4.69, 9.17) is 21.1 Å². The molecule has 2 N–H and O–H groups in total. The number of piperazine rings is 1. The average Bonchev–Trinajstić information content (AvgIpc) is 3.69. The molecule has 2 aliphatic rings. The van der Waals surface area contributed by atoms with E-state index in [2.05, 4.69) is 5.32 Å². The number of benzene rings is 2. The van der Waals surface area contributed by atoms with Gasteiger partial charge in [-0.25, -0.2) is 9.18 Å². The zero-order valence-corrected chi connectivity index (χ0v) is 20.1. The summed E-state index contributed by atoms with van der Waals surface area (Å²) in [5, 5.41) is 13.0. The number of carbonyl (C=O) groups is 1. The molecule has 1 saturated heterocycles. The van der Waals surface area contributed by atoms with Crippen LogP contribution in [0.5, 0.6) is 11.5 Å². The van der Waals surface area contributed by atoms with Gasteiger partial charge in [-0.1, -0.05) is 17.7 Å². The molecule has 10 heteroatoms. The second-order valence-electron chi connectivity index (χ2n) is 8.80. The molecule has 0 bridgehead atoms. The molecule has 2 aromatic carbocycles. The summed E-state index contributed by atoms with van der Waals surface area (Å²) >= 11 is 6.80. The second kappa shape index (κ2) is 9.05. The quantitative estimate of drug-likeness (QED) is 0.527. The van der Waals surface area contributed by atoms with Crippen molar-refractivity contribution in [2.75, 3.05) is 38.8 Å². The largest absolute Gasteiger partial charge is 0.493 e. The van der Waals surface area contributed by atoms with Crippen molar-refractivity contribution in [1.29, 1.82) is 0 Å². The third-order valence-electron chi connectivity index (χ3n) is 6.66. The summed E-state index contributed by atoms with van der Waals surface area (Å²) < 4.78 is 28.0. The monoisotopic (exact) mass is 501 g/mol. The van der Waals surface area contributed by atoms with Gasteiger partial charge >= 0.3 is 5.97 Å². The normalized spacial score (nSPS) is 18.1. The number of anilines is 1. The minimum absolute atomic E-state index is 0.0189. The molecule has 1 aliphatic heterocycles. The fraction of sp³-hybridized carbons (Fsp3) is 0.360. The zero-order chi connectivity index (χ0) is 24.9. The van der Waals surface area contributed by atoms with Crippen LogP contribution in [-0.4, -0.2) is 49.5 Å². The van der Waals surface area contributed by atoms with Crippen molar-refractivity contribution >= 4 is 34.2 Å². The number of nitrogens with one attached hydrogen (secondary N) is 1. The first kappa shape index (κ1) is 23.4. The number of hydrogen-bond donors (Lipinski definition) is 2. The topological polar surface area (TPSA) is 93.0 Å². The molecule has 1 unspecified atom stereocenters. The van der Waals surface area contributed by atoms with Crippen molar-refractivity contribution in [3.63, 3.8) is 0 Å². The maximum Gasteiger partial charge on any atom is 0.341 e. The van der Waals surface area contributed by atoms with E-state index < -0.39 is 17.2 Å². The van der Waals surface area contributed by atoms with Gasteiger partial charge in [0.15, 0.2) is 11.5 Å². The standard InChI is InChI=1S/C25H25ClFN3O5/c1-34-19-6-3-13(9-20(19)35-2)18-12-29(8-7-28-18)23-17(27)10-15-22(21(23)26)30(14-4-5-14)11-16(24(15)31)25(32)33/h3,6,9-11,14,18,28H,4-5,7-8,12H2,1-2H3,(H,32,33). The van der Waals surface area contributed by atoms with Gasteiger partial charge in [0.1, 0.15) is 11.4 Å². The predicted molar refractivity (Wildman–Crippen MR) is 131 cm³/mol. The molecule has 2 fully saturated rings. The third kappa shape index (κ3) is 4.08. The van der Waals surface area contributed by atoms with E-state index in [-0.39, 0.29) is 33.7 Å². The summed E-state index contributed by atoms with van der Waals surface area (Å²) in [5.41, 5.74) is 0.416. The van der Waals surface area contributed by atoms with Crippen LogP contribution in [0.2, 0.25) is 5.02 Å². The molecule has 1 saturated carbocycles. The first-order valence-electron chi connectivity index (χ1n) is 11.3. The summed E-state index contributed by atoms with van der Waals surface area (Å²) in [5.74, 6) is -0.781. The van der Waals surface area contributed by atoms with Crippen LogP contribution >= 0.6 is 11.6 Å².